The van der Waals surface area contributed by atoms with Gasteiger partial charge in [-0.15, -0.1) is 0 Å². The molecule has 0 aromatic carbocycles. The standard InChI is InChI=1S/C18H29N5O2/c1-2-14-9-17(24)22-16(21-14)12-23-8-4-5-13(11-23)10-20-18(25)15-6-3-7-19-15/h9,13,15,19H,2-8,10-12H2,1H3,(H,20,25)(H,21,22,24). The van der Waals surface area contributed by atoms with Gasteiger partial charge in [-0.05, 0) is 51.1 Å². The molecule has 2 fully saturated rings. The Bertz CT molecular complexity index is 639. The van der Waals surface area contributed by atoms with E-state index in [1.807, 2.05) is 6.92 Å². The molecule has 0 radical (unpaired) electrons. The molecule has 3 heterocycles. The van der Waals surface area contributed by atoms with Crippen LogP contribution in [-0.4, -0.2) is 53.0 Å². The maximum atomic E-state index is 12.1. The zero-order valence-corrected chi connectivity index (χ0v) is 15.0. The lowest BCUT2D eigenvalue weighted by Crippen LogP contribution is -2.45. The predicted octanol–water partition coefficient (Wildman–Crippen LogP) is 0.413. The Morgan fingerprint density at radius 3 is 3.04 bits per heavy atom. The fraction of sp³-hybridized carbons (Fsp3) is 0.722. The average Bonchev–Trinajstić information content (AvgIpc) is 3.14. The van der Waals surface area contributed by atoms with Gasteiger partial charge in [0.05, 0.1) is 12.6 Å². The van der Waals surface area contributed by atoms with Crippen molar-refractivity contribution in [2.75, 3.05) is 26.2 Å². The quantitative estimate of drug-likeness (QED) is 0.694. The molecule has 2 unspecified atom stereocenters. The summed E-state index contributed by atoms with van der Waals surface area (Å²) < 4.78 is 0. The number of carbonyl (C=O) groups is 1. The molecule has 0 bridgehead atoms. The van der Waals surface area contributed by atoms with E-state index < -0.39 is 0 Å². The average molecular weight is 347 g/mol. The molecule has 1 aromatic heterocycles. The van der Waals surface area contributed by atoms with Crippen LogP contribution in [0.25, 0.3) is 0 Å². The number of piperidine rings is 1. The lowest BCUT2D eigenvalue weighted by molar-refractivity contribution is -0.123. The first-order valence-electron chi connectivity index (χ1n) is 9.46. The van der Waals surface area contributed by atoms with Crippen LogP contribution < -0.4 is 16.2 Å². The van der Waals surface area contributed by atoms with E-state index in [0.717, 1.165) is 69.8 Å². The van der Waals surface area contributed by atoms with Crippen LogP contribution in [-0.2, 0) is 17.8 Å². The topological polar surface area (TPSA) is 90.1 Å². The molecule has 138 valence electrons. The monoisotopic (exact) mass is 347 g/mol. The van der Waals surface area contributed by atoms with Gasteiger partial charge in [-0.1, -0.05) is 6.92 Å². The molecule has 2 aliphatic heterocycles. The molecular formula is C18H29N5O2. The fourth-order valence-electron chi connectivity index (χ4n) is 3.77. The second kappa shape index (κ2) is 8.58. The van der Waals surface area contributed by atoms with Crippen LogP contribution in [0.2, 0.25) is 0 Å². The van der Waals surface area contributed by atoms with Crippen LogP contribution in [0.1, 0.15) is 44.1 Å². The van der Waals surface area contributed by atoms with Gasteiger partial charge in [0, 0.05) is 24.8 Å². The molecule has 1 aromatic rings. The highest BCUT2D eigenvalue weighted by molar-refractivity contribution is 5.81. The van der Waals surface area contributed by atoms with Gasteiger partial charge in [0.25, 0.3) is 5.56 Å². The van der Waals surface area contributed by atoms with Crippen LogP contribution in [0.5, 0.6) is 0 Å². The molecule has 2 aliphatic rings. The first kappa shape index (κ1) is 18.1. The third kappa shape index (κ3) is 5.12. The molecule has 0 aliphatic carbocycles. The van der Waals surface area contributed by atoms with Gasteiger partial charge >= 0.3 is 0 Å². The summed E-state index contributed by atoms with van der Waals surface area (Å²) in [5, 5.41) is 6.34. The number of hydrogen-bond donors (Lipinski definition) is 3. The third-order valence-electron chi connectivity index (χ3n) is 5.12. The Labute approximate surface area is 148 Å². The zero-order chi connectivity index (χ0) is 17.6. The van der Waals surface area contributed by atoms with Crippen molar-refractivity contribution >= 4 is 5.91 Å². The Hall–Kier alpha value is -1.73. The van der Waals surface area contributed by atoms with E-state index in [4.69, 9.17) is 0 Å². The number of nitrogens with zero attached hydrogens (tertiary/aromatic N) is 2. The van der Waals surface area contributed by atoms with Crippen molar-refractivity contribution in [3.63, 3.8) is 0 Å². The van der Waals surface area contributed by atoms with Crippen LogP contribution in [0.4, 0.5) is 0 Å². The number of likely N-dealkylation sites (tertiary alicyclic amines) is 1. The van der Waals surface area contributed by atoms with Crippen molar-refractivity contribution in [2.24, 2.45) is 5.92 Å². The highest BCUT2D eigenvalue weighted by Gasteiger charge is 2.25. The summed E-state index contributed by atoms with van der Waals surface area (Å²) in [6.45, 7) is 6.28. The van der Waals surface area contributed by atoms with Crippen molar-refractivity contribution in [3.05, 3.63) is 27.9 Å². The van der Waals surface area contributed by atoms with Gasteiger partial charge in [0.15, 0.2) is 0 Å². The Morgan fingerprint density at radius 1 is 1.40 bits per heavy atom. The molecular weight excluding hydrogens is 318 g/mol. The van der Waals surface area contributed by atoms with Crippen molar-refractivity contribution in [2.45, 2.75) is 51.6 Å². The second-order valence-electron chi connectivity index (χ2n) is 7.17. The Balaban J connectivity index is 1.50. The van der Waals surface area contributed by atoms with Crippen molar-refractivity contribution in [1.82, 2.24) is 25.5 Å². The van der Waals surface area contributed by atoms with E-state index in [1.165, 1.54) is 0 Å². The number of nitrogens with one attached hydrogen (secondary N) is 3. The zero-order valence-electron chi connectivity index (χ0n) is 15.0. The van der Waals surface area contributed by atoms with Gasteiger partial charge in [-0.2, -0.15) is 0 Å². The lowest BCUT2D eigenvalue weighted by Gasteiger charge is -2.32. The molecule has 0 saturated carbocycles. The first-order valence-corrected chi connectivity index (χ1v) is 9.46. The Morgan fingerprint density at radius 2 is 2.28 bits per heavy atom. The third-order valence-corrected chi connectivity index (χ3v) is 5.12. The SMILES string of the molecule is CCc1cc(=O)[nH]c(CN2CCCC(CNC(=O)C3CCCN3)C2)n1. The number of aromatic amines is 1. The summed E-state index contributed by atoms with van der Waals surface area (Å²) in [4.78, 5) is 33.5. The molecule has 2 saturated heterocycles. The van der Waals surface area contributed by atoms with E-state index in [2.05, 4.69) is 25.5 Å². The maximum Gasteiger partial charge on any atom is 0.251 e. The van der Waals surface area contributed by atoms with Crippen molar-refractivity contribution in [1.29, 1.82) is 0 Å². The minimum absolute atomic E-state index is 0.00856. The maximum absolute atomic E-state index is 12.1. The van der Waals surface area contributed by atoms with E-state index in [-0.39, 0.29) is 17.5 Å². The van der Waals surface area contributed by atoms with E-state index in [9.17, 15) is 9.59 Å². The molecule has 3 N–H and O–H groups in total. The number of amides is 1. The normalized spacial score (nSPS) is 24.4. The van der Waals surface area contributed by atoms with Gasteiger partial charge in [-0.3, -0.25) is 14.5 Å². The smallest absolute Gasteiger partial charge is 0.251 e. The highest BCUT2D eigenvalue weighted by atomic mass is 16.2. The largest absolute Gasteiger partial charge is 0.354 e. The van der Waals surface area contributed by atoms with Crippen LogP contribution >= 0.6 is 0 Å². The number of carbonyl (C=O) groups excluding carboxylic acids is 1. The van der Waals surface area contributed by atoms with E-state index >= 15 is 0 Å². The molecule has 0 spiro atoms. The summed E-state index contributed by atoms with van der Waals surface area (Å²) in [6, 6.07) is 1.56. The molecule has 2 atom stereocenters. The number of aromatic nitrogens is 2. The molecule has 7 nitrogen and oxygen atoms in total. The summed E-state index contributed by atoms with van der Waals surface area (Å²) in [6.07, 6.45) is 5.03. The molecule has 7 heteroatoms. The summed E-state index contributed by atoms with van der Waals surface area (Å²) >= 11 is 0. The van der Waals surface area contributed by atoms with Crippen LogP contribution in [0.15, 0.2) is 10.9 Å². The molecule has 3 rings (SSSR count). The van der Waals surface area contributed by atoms with Gasteiger partial charge in [0.1, 0.15) is 5.82 Å². The minimum Gasteiger partial charge on any atom is -0.354 e. The molecule has 1 amide bonds. The summed E-state index contributed by atoms with van der Waals surface area (Å²) in [7, 11) is 0. The van der Waals surface area contributed by atoms with E-state index in [1.54, 1.807) is 6.07 Å². The van der Waals surface area contributed by atoms with Gasteiger partial charge in [0.2, 0.25) is 5.91 Å². The number of aryl methyl sites for hydroxylation is 1. The fourth-order valence-corrected chi connectivity index (χ4v) is 3.77. The number of rotatable bonds is 6. The van der Waals surface area contributed by atoms with Crippen molar-refractivity contribution in [3.8, 4) is 0 Å². The minimum atomic E-state index is -0.0771. The van der Waals surface area contributed by atoms with Crippen molar-refractivity contribution < 1.29 is 4.79 Å². The molecule has 25 heavy (non-hydrogen) atoms. The first-order chi connectivity index (χ1) is 12.1. The second-order valence-corrected chi connectivity index (χ2v) is 7.17. The predicted molar refractivity (Wildman–Crippen MR) is 96.3 cm³/mol. The number of H-pyrrole nitrogens is 1. The number of hydrogen-bond acceptors (Lipinski definition) is 5. The lowest BCUT2D eigenvalue weighted by atomic mass is 9.98. The van der Waals surface area contributed by atoms with Gasteiger partial charge < -0.3 is 15.6 Å². The van der Waals surface area contributed by atoms with Crippen LogP contribution in [0, 0.1) is 5.92 Å². The van der Waals surface area contributed by atoms with Gasteiger partial charge in [-0.25, -0.2) is 4.98 Å². The Kier molecular flexibility index (Phi) is 6.20. The summed E-state index contributed by atoms with van der Waals surface area (Å²) in [5.41, 5.74) is 0.760. The van der Waals surface area contributed by atoms with Crippen LogP contribution in [0.3, 0.4) is 0 Å². The van der Waals surface area contributed by atoms with E-state index in [0.29, 0.717) is 12.5 Å². The highest BCUT2D eigenvalue weighted by Crippen LogP contribution is 2.17. The summed E-state index contributed by atoms with van der Waals surface area (Å²) in [5.74, 6) is 1.33.